The molecule has 1 atom stereocenters. The van der Waals surface area contributed by atoms with E-state index in [0.29, 0.717) is 10.6 Å². The van der Waals surface area contributed by atoms with Crippen LogP contribution in [-0.2, 0) is 32.6 Å². The Morgan fingerprint density at radius 3 is 2.26 bits per heavy atom. The van der Waals surface area contributed by atoms with E-state index in [1.165, 1.54) is 29.2 Å². The van der Waals surface area contributed by atoms with Crippen molar-refractivity contribution in [2.24, 2.45) is 0 Å². The fraction of sp³-hybridized carbons (Fsp3) is 0.310. The minimum atomic E-state index is -3.94. The molecule has 3 aromatic carbocycles. The average Bonchev–Trinajstić information content (AvgIpc) is 2.86. The van der Waals surface area contributed by atoms with Crippen molar-refractivity contribution >= 4 is 39.1 Å². The number of halogens is 2. The summed E-state index contributed by atoms with van der Waals surface area (Å²) in [4.78, 5) is 28.7. The Morgan fingerprint density at radius 2 is 1.64 bits per heavy atom. The predicted octanol–water partition coefficient (Wildman–Crippen LogP) is 4.72. The van der Waals surface area contributed by atoms with E-state index in [1.54, 1.807) is 39.0 Å². The number of carbonyl (C=O) groups is 2. The maximum Gasteiger partial charge on any atom is 0.244 e. The van der Waals surface area contributed by atoms with Gasteiger partial charge in [-0.1, -0.05) is 66.2 Å². The molecule has 0 heterocycles. The van der Waals surface area contributed by atoms with Gasteiger partial charge in [0.15, 0.2) is 0 Å². The lowest BCUT2D eigenvalue weighted by Gasteiger charge is -2.34. The van der Waals surface area contributed by atoms with Crippen molar-refractivity contribution in [3.63, 3.8) is 0 Å². The molecule has 0 saturated heterocycles. The van der Waals surface area contributed by atoms with Crippen LogP contribution in [0.5, 0.6) is 0 Å². The summed E-state index contributed by atoms with van der Waals surface area (Å²) in [5, 5.41) is 3.16. The van der Waals surface area contributed by atoms with E-state index in [1.807, 2.05) is 30.3 Å². The molecule has 0 unspecified atom stereocenters. The van der Waals surface area contributed by atoms with Gasteiger partial charge in [-0.2, -0.15) is 0 Å². The van der Waals surface area contributed by atoms with Gasteiger partial charge in [0.1, 0.15) is 18.4 Å². The molecule has 3 rings (SSSR count). The third-order valence-electron chi connectivity index (χ3n) is 6.12. The van der Waals surface area contributed by atoms with E-state index < -0.39 is 40.2 Å². The highest BCUT2D eigenvalue weighted by molar-refractivity contribution is 7.92. The Kier molecular flexibility index (Phi) is 10.1. The molecule has 0 aromatic heterocycles. The summed E-state index contributed by atoms with van der Waals surface area (Å²) in [7, 11) is -3.94. The predicted molar refractivity (Wildman–Crippen MR) is 153 cm³/mol. The van der Waals surface area contributed by atoms with Crippen LogP contribution in [0.2, 0.25) is 5.02 Å². The van der Waals surface area contributed by atoms with E-state index in [2.05, 4.69) is 5.32 Å². The molecule has 10 heteroatoms. The molecule has 0 aliphatic carbocycles. The van der Waals surface area contributed by atoms with Gasteiger partial charge in [0.05, 0.1) is 11.9 Å². The number of amides is 2. The first-order chi connectivity index (χ1) is 18.4. The molecule has 1 N–H and O–H groups in total. The average molecular weight is 574 g/mol. The van der Waals surface area contributed by atoms with Crippen molar-refractivity contribution in [2.75, 3.05) is 17.1 Å². The first-order valence-electron chi connectivity index (χ1n) is 12.5. The molecule has 0 aliphatic rings. The van der Waals surface area contributed by atoms with E-state index in [4.69, 9.17) is 11.6 Å². The van der Waals surface area contributed by atoms with Gasteiger partial charge < -0.3 is 10.2 Å². The lowest BCUT2D eigenvalue weighted by Crippen LogP contribution is -2.54. The molecule has 0 saturated carbocycles. The molecule has 0 spiro atoms. The fourth-order valence-electron chi connectivity index (χ4n) is 4.19. The van der Waals surface area contributed by atoms with E-state index in [9.17, 15) is 22.4 Å². The van der Waals surface area contributed by atoms with E-state index in [0.717, 1.165) is 16.1 Å². The molecule has 0 fully saturated rings. The zero-order valence-corrected chi connectivity index (χ0v) is 24.0. The van der Waals surface area contributed by atoms with Gasteiger partial charge in [0.2, 0.25) is 21.8 Å². The zero-order chi connectivity index (χ0) is 28.7. The quantitative estimate of drug-likeness (QED) is 0.360. The number of hydrogen-bond donors (Lipinski definition) is 1. The summed E-state index contributed by atoms with van der Waals surface area (Å²) >= 11 is 6.15. The van der Waals surface area contributed by atoms with Crippen LogP contribution >= 0.6 is 11.6 Å². The molecule has 208 valence electrons. The van der Waals surface area contributed by atoms with Crippen molar-refractivity contribution in [2.45, 2.75) is 45.8 Å². The summed E-state index contributed by atoms with van der Waals surface area (Å²) < 4.78 is 41.5. The number of nitrogens with one attached hydrogen (secondary N) is 1. The Balaban J connectivity index is 2.09. The van der Waals surface area contributed by atoms with Crippen LogP contribution in [0, 0.1) is 12.7 Å². The maximum atomic E-state index is 14.8. The van der Waals surface area contributed by atoms with E-state index in [-0.39, 0.29) is 30.3 Å². The van der Waals surface area contributed by atoms with Crippen molar-refractivity contribution in [1.29, 1.82) is 0 Å². The molecular weight excluding hydrogens is 541 g/mol. The van der Waals surface area contributed by atoms with Crippen molar-refractivity contribution in [3.8, 4) is 0 Å². The minimum Gasteiger partial charge on any atom is -0.352 e. The third kappa shape index (κ3) is 8.28. The summed E-state index contributed by atoms with van der Waals surface area (Å²) in [6.07, 6.45) is 1.14. The molecule has 7 nitrogen and oxygen atoms in total. The lowest BCUT2D eigenvalue weighted by atomic mass is 10.0. The number of carbonyl (C=O) groups excluding carboxylic acids is 2. The van der Waals surface area contributed by atoms with Gasteiger partial charge >= 0.3 is 0 Å². The highest BCUT2D eigenvalue weighted by Gasteiger charge is 2.34. The number of anilines is 1. The smallest absolute Gasteiger partial charge is 0.244 e. The number of sulfonamides is 1. The second kappa shape index (κ2) is 13.1. The van der Waals surface area contributed by atoms with Crippen molar-refractivity contribution < 1.29 is 22.4 Å². The number of nitrogens with zero attached hydrogens (tertiary/aromatic N) is 2. The van der Waals surface area contributed by atoms with Gasteiger partial charge in [-0.25, -0.2) is 12.8 Å². The Hall–Kier alpha value is -3.43. The highest BCUT2D eigenvalue weighted by Crippen LogP contribution is 2.27. The van der Waals surface area contributed by atoms with Gasteiger partial charge in [-0.3, -0.25) is 13.9 Å². The topological polar surface area (TPSA) is 86.8 Å². The number of rotatable bonds is 11. The molecular formula is C29H33ClFN3O4S. The molecule has 0 bridgehead atoms. The number of aryl methyl sites for hydroxylation is 1. The van der Waals surface area contributed by atoms with Crippen LogP contribution in [0.25, 0.3) is 0 Å². The van der Waals surface area contributed by atoms with Crippen LogP contribution < -0.4 is 9.62 Å². The fourth-order valence-corrected chi connectivity index (χ4v) is 5.26. The molecule has 0 aliphatic heterocycles. The summed E-state index contributed by atoms with van der Waals surface area (Å²) in [5.74, 6) is -1.63. The Bertz CT molecular complexity index is 1420. The van der Waals surface area contributed by atoms with Crippen LogP contribution in [0.1, 0.15) is 30.5 Å². The second-order valence-corrected chi connectivity index (χ2v) is 12.0. The molecule has 39 heavy (non-hydrogen) atoms. The Morgan fingerprint density at radius 1 is 1.00 bits per heavy atom. The lowest BCUT2D eigenvalue weighted by molar-refractivity contribution is -0.140. The largest absolute Gasteiger partial charge is 0.352 e. The SMILES string of the molecule is Cc1ccc(Cl)cc1N(CC(=O)N(Cc1ccccc1F)[C@H](Cc1ccccc1)C(=O)NC(C)C)S(C)(=O)=O. The monoisotopic (exact) mass is 573 g/mol. The zero-order valence-electron chi connectivity index (χ0n) is 22.4. The van der Waals surface area contributed by atoms with Crippen LogP contribution in [0.3, 0.4) is 0 Å². The normalized spacial score (nSPS) is 12.2. The maximum absolute atomic E-state index is 14.8. The van der Waals surface area contributed by atoms with E-state index >= 15 is 0 Å². The highest BCUT2D eigenvalue weighted by atomic mass is 35.5. The van der Waals surface area contributed by atoms with Crippen LogP contribution in [0.4, 0.5) is 10.1 Å². The van der Waals surface area contributed by atoms with Crippen LogP contribution in [0.15, 0.2) is 72.8 Å². The third-order valence-corrected chi connectivity index (χ3v) is 7.48. The standard InChI is InChI=1S/C29H33ClFN3O4S/c1-20(2)32-29(36)27(16-22-10-6-5-7-11-22)33(18-23-12-8-9-13-25(23)31)28(35)19-34(39(4,37)38)26-17-24(30)15-14-21(26)3/h5-15,17,20,27H,16,18-19H2,1-4H3,(H,32,36)/t27-/m1/s1. The van der Waals surface area contributed by atoms with Gasteiger partial charge in [-0.05, 0) is 50.1 Å². The number of hydrogen-bond acceptors (Lipinski definition) is 4. The summed E-state index contributed by atoms with van der Waals surface area (Å²) in [6, 6.07) is 18.6. The first kappa shape index (κ1) is 30.1. The Labute approximate surface area is 234 Å². The second-order valence-electron chi connectivity index (χ2n) is 9.68. The van der Waals surface area contributed by atoms with Crippen LogP contribution in [-0.4, -0.2) is 50.0 Å². The van der Waals surface area contributed by atoms with Gasteiger partial charge in [-0.15, -0.1) is 0 Å². The first-order valence-corrected chi connectivity index (χ1v) is 14.7. The van der Waals surface area contributed by atoms with Crippen molar-refractivity contribution in [3.05, 3.63) is 100 Å². The molecule has 3 aromatic rings. The summed E-state index contributed by atoms with van der Waals surface area (Å²) in [6.45, 7) is 4.47. The van der Waals surface area contributed by atoms with Crippen molar-refractivity contribution in [1.82, 2.24) is 10.2 Å². The van der Waals surface area contributed by atoms with Gasteiger partial charge in [0.25, 0.3) is 0 Å². The number of benzene rings is 3. The molecule has 0 radical (unpaired) electrons. The van der Waals surface area contributed by atoms with Gasteiger partial charge in [0, 0.05) is 29.6 Å². The minimum absolute atomic E-state index is 0.147. The molecule has 2 amide bonds. The summed E-state index contributed by atoms with van der Waals surface area (Å²) in [5.41, 5.74) is 1.83.